The fraction of sp³-hybridized carbons (Fsp3) is 0.500. The van der Waals surface area contributed by atoms with Crippen LogP contribution >= 0.6 is 11.8 Å². The molecular weight excluding hydrogens is 226 g/mol. The first-order valence-corrected chi connectivity index (χ1v) is 6.11. The van der Waals surface area contributed by atoms with Crippen molar-refractivity contribution in [3.8, 4) is 0 Å². The fourth-order valence-corrected chi connectivity index (χ4v) is 1.50. The summed E-state index contributed by atoms with van der Waals surface area (Å²) < 4.78 is 0. The topological polar surface area (TPSA) is 75.1 Å². The van der Waals surface area contributed by atoms with Gasteiger partial charge in [0.2, 0.25) is 0 Å². The lowest BCUT2D eigenvalue weighted by Crippen LogP contribution is -2.31. The van der Waals surface area contributed by atoms with Gasteiger partial charge in [-0.3, -0.25) is 4.79 Å². The van der Waals surface area contributed by atoms with Gasteiger partial charge in [0.25, 0.3) is 5.91 Å². The second-order valence-corrected chi connectivity index (χ2v) is 4.21. The molecule has 2 N–H and O–H groups in total. The zero-order valence-corrected chi connectivity index (χ0v) is 10.3. The van der Waals surface area contributed by atoms with Crippen molar-refractivity contribution in [2.45, 2.75) is 25.1 Å². The van der Waals surface area contributed by atoms with Gasteiger partial charge in [0, 0.05) is 12.2 Å². The first-order valence-electron chi connectivity index (χ1n) is 4.89. The normalized spacial score (nSPS) is 12.2. The summed E-state index contributed by atoms with van der Waals surface area (Å²) >= 11 is 1.39. The van der Waals surface area contributed by atoms with E-state index in [4.69, 9.17) is 5.11 Å². The van der Waals surface area contributed by atoms with Crippen LogP contribution in [0.25, 0.3) is 0 Å². The Kier molecular flexibility index (Phi) is 4.70. The molecule has 6 heteroatoms. The quantitative estimate of drug-likeness (QED) is 0.597. The van der Waals surface area contributed by atoms with Crippen LogP contribution in [-0.4, -0.2) is 39.9 Å². The van der Waals surface area contributed by atoms with Crippen molar-refractivity contribution in [2.75, 3.05) is 12.8 Å². The molecule has 0 radical (unpaired) electrons. The molecule has 1 atom stereocenters. The Morgan fingerprint density at radius 1 is 1.62 bits per heavy atom. The Labute approximate surface area is 98.7 Å². The number of amides is 1. The minimum atomic E-state index is -0.563. The standard InChI is InChI=1S/C10H15N3O2S/c1-6-4-8(13-10(12-6)16-3)9(15)11-5-7(2)14/h4,7,14H,5H2,1-3H3,(H,11,15). The van der Waals surface area contributed by atoms with E-state index in [1.165, 1.54) is 11.8 Å². The number of aliphatic hydroxyl groups excluding tert-OH is 1. The monoisotopic (exact) mass is 241 g/mol. The summed E-state index contributed by atoms with van der Waals surface area (Å²) in [6.45, 7) is 3.64. The van der Waals surface area contributed by atoms with Gasteiger partial charge in [-0.2, -0.15) is 0 Å². The third-order valence-electron chi connectivity index (χ3n) is 1.81. The van der Waals surface area contributed by atoms with Crippen LogP contribution in [-0.2, 0) is 0 Å². The summed E-state index contributed by atoms with van der Waals surface area (Å²) in [6, 6.07) is 1.62. The Hall–Kier alpha value is -1.14. The minimum absolute atomic E-state index is 0.219. The molecule has 1 amide bonds. The van der Waals surface area contributed by atoms with Crippen LogP contribution in [0.4, 0.5) is 0 Å². The Bertz CT molecular complexity index is 382. The lowest BCUT2D eigenvalue weighted by molar-refractivity contribution is 0.0918. The van der Waals surface area contributed by atoms with Crippen molar-refractivity contribution >= 4 is 17.7 Å². The van der Waals surface area contributed by atoms with Gasteiger partial charge in [-0.25, -0.2) is 9.97 Å². The molecule has 1 rings (SSSR count). The van der Waals surface area contributed by atoms with Crippen molar-refractivity contribution in [1.82, 2.24) is 15.3 Å². The zero-order valence-electron chi connectivity index (χ0n) is 9.52. The lowest BCUT2D eigenvalue weighted by Gasteiger charge is -2.07. The van der Waals surface area contributed by atoms with Crippen LogP contribution in [0.15, 0.2) is 11.2 Å². The van der Waals surface area contributed by atoms with Crippen LogP contribution in [0, 0.1) is 6.92 Å². The van der Waals surface area contributed by atoms with E-state index in [9.17, 15) is 4.79 Å². The molecule has 1 unspecified atom stereocenters. The number of aryl methyl sites for hydroxylation is 1. The summed E-state index contributed by atoms with van der Waals surface area (Å²) in [7, 11) is 0. The number of carbonyl (C=O) groups is 1. The van der Waals surface area contributed by atoms with Crippen LogP contribution in [0.5, 0.6) is 0 Å². The van der Waals surface area contributed by atoms with Crippen molar-refractivity contribution < 1.29 is 9.90 Å². The second-order valence-electron chi connectivity index (χ2n) is 3.44. The van der Waals surface area contributed by atoms with E-state index in [0.717, 1.165) is 5.69 Å². The van der Waals surface area contributed by atoms with Gasteiger partial charge in [0.05, 0.1) is 6.10 Å². The second kappa shape index (κ2) is 5.81. The molecule has 0 spiro atoms. The van der Waals surface area contributed by atoms with Gasteiger partial charge in [-0.15, -0.1) is 0 Å². The Morgan fingerprint density at radius 3 is 2.88 bits per heavy atom. The highest BCUT2D eigenvalue weighted by Gasteiger charge is 2.10. The number of hydrogen-bond acceptors (Lipinski definition) is 5. The highest BCUT2D eigenvalue weighted by molar-refractivity contribution is 7.98. The molecule has 0 fully saturated rings. The minimum Gasteiger partial charge on any atom is -0.392 e. The predicted octanol–water partition coefficient (Wildman–Crippen LogP) is 0.618. The van der Waals surface area contributed by atoms with Crippen molar-refractivity contribution in [3.63, 3.8) is 0 Å². The number of thioether (sulfide) groups is 1. The molecule has 1 aromatic rings. The number of rotatable bonds is 4. The van der Waals surface area contributed by atoms with Gasteiger partial charge in [-0.1, -0.05) is 11.8 Å². The van der Waals surface area contributed by atoms with Gasteiger partial charge < -0.3 is 10.4 Å². The maximum atomic E-state index is 11.6. The largest absolute Gasteiger partial charge is 0.392 e. The van der Waals surface area contributed by atoms with Crippen LogP contribution in [0.3, 0.4) is 0 Å². The first-order chi connectivity index (χ1) is 7.52. The smallest absolute Gasteiger partial charge is 0.270 e. The predicted molar refractivity (Wildman–Crippen MR) is 62.6 cm³/mol. The Balaban J connectivity index is 2.78. The first kappa shape index (κ1) is 12.9. The molecule has 0 aliphatic carbocycles. The van der Waals surface area contributed by atoms with E-state index in [0.29, 0.717) is 10.9 Å². The molecule has 88 valence electrons. The average molecular weight is 241 g/mol. The highest BCUT2D eigenvalue weighted by Crippen LogP contribution is 2.10. The van der Waals surface area contributed by atoms with Gasteiger partial charge in [0.1, 0.15) is 5.69 Å². The molecule has 5 nitrogen and oxygen atoms in total. The molecule has 16 heavy (non-hydrogen) atoms. The maximum Gasteiger partial charge on any atom is 0.270 e. The lowest BCUT2D eigenvalue weighted by atomic mass is 10.3. The SMILES string of the molecule is CSc1nc(C)cc(C(=O)NCC(C)O)n1. The number of nitrogens with zero attached hydrogens (tertiary/aromatic N) is 2. The van der Waals surface area contributed by atoms with Crippen LogP contribution in [0.1, 0.15) is 23.1 Å². The van der Waals surface area contributed by atoms with Crippen LogP contribution < -0.4 is 5.32 Å². The third kappa shape index (κ3) is 3.79. The highest BCUT2D eigenvalue weighted by atomic mass is 32.2. The number of aliphatic hydroxyl groups is 1. The molecule has 0 bridgehead atoms. The maximum absolute atomic E-state index is 11.6. The molecule has 0 saturated carbocycles. The van der Waals surface area contributed by atoms with E-state index in [1.54, 1.807) is 13.0 Å². The molecular formula is C10H15N3O2S. The van der Waals surface area contributed by atoms with E-state index in [-0.39, 0.29) is 12.5 Å². The molecule has 1 aromatic heterocycles. The molecule has 0 aliphatic rings. The molecule has 0 saturated heterocycles. The number of nitrogens with one attached hydrogen (secondary N) is 1. The number of hydrogen-bond donors (Lipinski definition) is 2. The summed E-state index contributed by atoms with van der Waals surface area (Å²) in [5.74, 6) is -0.290. The Morgan fingerprint density at radius 2 is 2.31 bits per heavy atom. The van der Waals surface area contributed by atoms with Crippen molar-refractivity contribution in [1.29, 1.82) is 0 Å². The zero-order chi connectivity index (χ0) is 12.1. The summed E-state index contributed by atoms with van der Waals surface area (Å²) in [5, 5.41) is 12.2. The van der Waals surface area contributed by atoms with E-state index in [1.807, 2.05) is 13.2 Å². The molecule has 1 heterocycles. The van der Waals surface area contributed by atoms with Gasteiger partial charge in [0.15, 0.2) is 5.16 Å². The van der Waals surface area contributed by atoms with E-state index >= 15 is 0 Å². The van der Waals surface area contributed by atoms with Gasteiger partial charge in [-0.05, 0) is 26.2 Å². The van der Waals surface area contributed by atoms with Crippen molar-refractivity contribution in [3.05, 3.63) is 17.5 Å². The molecule has 0 aromatic carbocycles. The van der Waals surface area contributed by atoms with Crippen LogP contribution in [0.2, 0.25) is 0 Å². The van der Waals surface area contributed by atoms with E-state index in [2.05, 4.69) is 15.3 Å². The summed E-state index contributed by atoms with van der Waals surface area (Å²) in [4.78, 5) is 19.9. The van der Waals surface area contributed by atoms with E-state index < -0.39 is 6.10 Å². The summed E-state index contributed by atoms with van der Waals surface area (Å²) in [5.41, 5.74) is 1.08. The van der Waals surface area contributed by atoms with Gasteiger partial charge >= 0.3 is 0 Å². The fourth-order valence-electron chi connectivity index (χ4n) is 1.08. The number of carbonyl (C=O) groups excluding carboxylic acids is 1. The number of aromatic nitrogens is 2. The summed E-state index contributed by atoms with van der Waals surface area (Å²) in [6.07, 6.45) is 1.29. The van der Waals surface area contributed by atoms with Crippen molar-refractivity contribution in [2.24, 2.45) is 0 Å². The average Bonchev–Trinajstić information content (AvgIpc) is 2.24. The molecule has 0 aliphatic heterocycles. The third-order valence-corrected chi connectivity index (χ3v) is 2.35.